The summed E-state index contributed by atoms with van der Waals surface area (Å²) in [6, 6.07) is 1.62. The second-order valence-electron chi connectivity index (χ2n) is 4.52. The highest BCUT2D eigenvalue weighted by Crippen LogP contribution is 2.25. The van der Waals surface area contributed by atoms with Gasteiger partial charge in [-0.15, -0.1) is 0 Å². The van der Waals surface area contributed by atoms with E-state index in [1.165, 1.54) is 6.26 Å². The van der Waals surface area contributed by atoms with Gasteiger partial charge in [0.2, 0.25) is 0 Å². The molecule has 1 amide bonds. The topological polar surface area (TPSA) is 70.8 Å². The number of amides is 1. The molecule has 5 nitrogen and oxygen atoms in total. The number of carboxylic acids is 1. The Hall–Kier alpha value is -1.78. The summed E-state index contributed by atoms with van der Waals surface area (Å²) in [6.45, 7) is 4.34. The fourth-order valence-electron chi connectivity index (χ4n) is 2.23. The predicted octanol–water partition coefficient (Wildman–Crippen LogP) is 1.38. The van der Waals surface area contributed by atoms with Gasteiger partial charge in [0.05, 0.1) is 17.7 Å². The molecule has 0 bridgehead atoms. The monoisotopic (exact) mass is 237 g/mol. The summed E-state index contributed by atoms with van der Waals surface area (Å²) in [5.41, 5.74) is 0.517. The number of aryl methyl sites for hydroxylation is 1. The first-order valence-electron chi connectivity index (χ1n) is 5.57. The molecule has 0 unspecified atom stereocenters. The Morgan fingerprint density at radius 2 is 2.18 bits per heavy atom. The van der Waals surface area contributed by atoms with Crippen molar-refractivity contribution in [1.29, 1.82) is 0 Å². The molecule has 2 heterocycles. The van der Waals surface area contributed by atoms with Crippen LogP contribution in [-0.4, -0.2) is 35.0 Å². The van der Waals surface area contributed by atoms with E-state index in [-0.39, 0.29) is 18.4 Å². The average Bonchev–Trinajstić information content (AvgIpc) is 2.83. The Labute approximate surface area is 99.0 Å². The normalized spacial score (nSPS) is 24.0. The van der Waals surface area contributed by atoms with Gasteiger partial charge in [0, 0.05) is 13.1 Å². The number of carbonyl (C=O) groups is 2. The maximum atomic E-state index is 12.1. The molecule has 0 aromatic carbocycles. The molecule has 17 heavy (non-hydrogen) atoms. The minimum Gasteiger partial charge on any atom is -0.481 e. The van der Waals surface area contributed by atoms with Crippen LogP contribution in [0.4, 0.5) is 0 Å². The van der Waals surface area contributed by atoms with Gasteiger partial charge in [-0.3, -0.25) is 9.59 Å². The fourth-order valence-corrected chi connectivity index (χ4v) is 2.23. The predicted molar refractivity (Wildman–Crippen MR) is 59.6 cm³/mol. The third-order valence-electron chi connectivity index (χ3n) is 3.31. The van der Waals surface area contributed by atoms with Gasteiger partial charge >= 0.3 is 5.97 Å². The van der Waals surface area contributed by atoms with E-state index in [0.717, 1.165) is 0 Å². The summed E-state index contributed by atoms with van der Waals surface area (Å²) in [7, 11) is 0. The van der Waals surface area contributed by atoms with Crippen molar-refractivity contribution in [3.05, 3.63) is 23.7 Å². The van der Waals surface area contributed by atoms with Crippen LogP contribution in [-0.2, 0) is 4.79 Å². The summed E-state index contributed by atoms with van der Waals surface area (Å²) in [4.78, 5) is 24.7. The quantitative estimate of drug-likeness (QED) is 0.843. The zero-order valence-electron chi connectivity index (χ0n) is 9.84. The molecule has 2 rings (SSSR count). The molecule has 1 aromatic rings. The van der Waals surface area contributed by atoms with Crippen molar-refractivity contribution in [3.63, 3.8) is 0 Å². The highest BCUT2D eigenvalue weighted by Gasteiger charge is 2.37. The lowest BCUT2D eigenvalue weighted by molar-refractivity contribution is -0.142. The molecule has 1 N–H and O–H groups in total. The zero-order chi connectivity index (χ0) is 12.6. The number of furan rings is 1. The lowest BCUT2D eigenvalue weighted by atomic mass is 9.99. The summed E-state index contributed by atoms with van der Waals surface area (Å²) in [6.07, 6.45) is 1.47. The first-order valence-corrected chi connectivity index (χ1v) is 5.57. The molecule has 1 aromatic heterocycles. The number of likely N-dealkylation sites (tertiary alicyclic amines) is 1. The van der Waals surface area contributed by atoms with E-state index in [4.69, 9.17) is 9.52 Å². The van der Waals surface area contributed by atoms with Gasteiger partial charge in [-0.2, -0.15) is 0 Å². The van der Waals surface area contributed by atoms with Crippen LogP contribution in [0.3, 0.4) is 0 Å². The van der Waals surface area contributed by atoms with Crippen molar-refractivity contribution in [2.24, 2.45) is 11.8 Å². The number of aliphatic carboxylic acids is 1. The van der Waals surface area contributed by atoms with Gasteiger partial charge in [-0.05, 0) is 18.9 Å². The highest BCUT2D eigenvalue weighted by atomic mass is 16.4. The molecule has 1 aliphatic heterocycles. The zero-order valence-corrected chi connectivity index (χ0v) is 9.84. The smallest absolute Gasteiger partial charge is 0.308 e. The molecule has 0 radical (unpaired) electrons. The second kappa shape index (κ2) is 4.24. The molecule has 1 saturated heterocycles. The van der Waals surface area contributed by atoms with Crippen molar-refractivity contribution in [2.75, 3.05) is 13.1 Å². The van der Waals surface area contributed by atoms with Crippen LogP contribution >= 0.6 is 0 Å². The number of hydrogen-bond donors (Lipinski definition) is 1. The van der Waals surface area contributed by atoms with Crippen LogP contribution in [0.1, 0.15) is 23.0 Å². The van der Waals surface area contributed by atoms with Gasteiger partial charge in [0.1, 0.15) is 5.76 Å². The summed E-state index contributed by atoms with van der Waals surface area (Å²) < 4.78 is 5.08. The maximum Gasteiger partial charge on any atom is 0.308 e. The Morgan fingerprint density at radius 1 is 1.47 bits per heavy atom. The van der Waals surface area contributed by atoms with Crippen LogP contribution in [0.15, 0.2) is 16.7 Å². The summed E-state index contributed by atoms with van der Waals surface area (Å²) in [5, 5.41) is 9.01. The Kier molecular flexibility index (Phi) is 2.92. The standard InChI is InChI=1S/C12H15NO4/c1-7-5-13(6-10(7)12(15)16)11(14)9-3-4-17-8(9)2/h3-4,7,10H,5-6H2,1-2H3,(H,15,16)/t7-,10-/m1/s1. The van der Waals surface area contributed by atoms with Gasteiger partial charge in [0.25, 0.3) is 5.91 Å². The molecule has 92 valence electrons. The minimum absolute atomic E-state index is 0.0105. The molecule has 5 heteroatoms. The number of nitrogens with zero attached hydrogens (tertiary/aromatic N) is 1. The van der Waals surface area contributed by atoms with Gasteiger partial charge in [-0.25, -0.2) is 0 Å². The molecular formula is C12H15NO4. The SMILES string of the molecule is Cc1occc1C(=O)N1C[C@@H](C)[C@H](C(=O)O)C1. The van der Waals surface area contributed by atoms with Crippen LogP contribution in [0.2, 0.25) is 0 Å². The van der Waals surface area contributed by atoms with Gasteiger partial charge in [0.15, 0.2) is 0 Å². The van der Waals surface area contributed by atoms with Crippen molar-refractivity contribution < 1.29 is 19.1 Å². The molecular weight excluding hydrogens is 222 g/mol. The van der Waals surface area contributed by atoms with Crippen LogP contribution in [0.25, 0.3) is 0 Å². The van der Waals surface area contributed by atoms with E-state index < -0.39 is 11.9 Å². The minimum atomic E-state index is -0.836. The van der Waals surface area contributed by atoms with Crippen molar-refractivity contribution in [3.8, 4) is 0 Å². The molecule has 1 aliphatic rings. The fraction of sp³-hybridized carbons (Fsp3) is 0.500. The van der Waals surface area contributed by atoms with Gasteiger partial charge < -0.3 is 14.4 Å². The van der Waals surface area contributed by atoms with E-state index >= 15 is 0 Å². The molecule has 1 fully saturated rings. The maximum absolute atomic E-state index is 12.1. The third kappa shape index (κ3) is 2.05. The third-order valence-corrected chi connectivity index (χ3v) is 3.31. The molecule has 0 saturated carbocycles. The van der Waals surface area contributed by atoms with E-state index in [1.54, 1.807) is 17.9 Å². The van der Waals surface area contributed by atoms with E-state index in [2.05, 4.69) is 0 Å². The Balaban J connectivity index is 2.13. The van der Waals surface area contributed by atoms with Crippen molar-refractivity contribution in [2.45, 2.75) is 13.8 Å². The number of carbonyl (C=O) groups excluding carboxylic acids is 1. The lowest BCUT2D eigenvalue weighted by Gasteiger charge is -2.15. The first kappa shape index (κ1) is 11.7. The Morgan fingerprint density at radius 3 is 2.65 bits per heavy atom. The Bertz CT molecular complexity index is 451. The second-order valence-corrected chi connectivity index (χ2v) is 4.52. The van der Waals surface area contributed by atoms with E-state index in [9.17, 15) is 9.59 Å². The molecule has 0 spiro atoms. The molecule has 2 atom stereocenters. The van der Waals surface area contributed by atoms with Crippen molar-refractivity contribution in [1.82, 2.24) is 4.90 Å². The number of rotatable bonds is 2. The van der Waals surface area contributed by atoms with Crippen LogP contribution < -0.4 is 0 Å². The summed E-state index contributed by atoms with van der Waals surface area (Å²) in [5.74, 6) is -0.889. The first-order chi connectivity index (χ1) is 8.00. The van der Waals surface area contributed by atoms with Gasteiger partial charge in [-0.1, -0.05) is 6.92 Å². The number of hydrogen-bond acceptors (Lipinski definition) is 3. The summed E-state index contributed by atoms with van der Waals surface area (Å²) >= 11 is 0. The lowest BCUT2D eigenvalue weighted by Crippen LogP contribution is -2.30. The van der Waals surface area contributed by atoms with Crippen LogP contribution in [0.5, 0.6) is 0 Å². The molecule has 0 aliphatic carbocycles. The van der Waals surface area contributed by atoms with E-state index in [0.29, 0.717) is 17.9 Å². The van der Waals surface area contributed by atoms with Crippen LogP contribution in [0, 0.1) is 18.8 Å². The van der Waals surface area contributed by atoms with E-state index in [1.807, 2.05) is 6.92 Å². The number of carboxylic acid groups (broad SMARTS) is 1. The average molecular weight is 237 g/mol. The largest absolute Gasteiger partial charge is 0.481 e. The highest BCUT2D eigenvalue weighted by molar-refractivity contribution is 5.95. The van der Waals surface area contributed by atoms with Crippen molar-refractivity contribution >= 4 is 11.9 Å².